The summed E-state index contributed by atoms with van der Waals surface area (Å²) in [7, 11) is -3.73. The van der Waals surface area contributed by atoms with Crippen molar-refractivity contribution in [2.75, 3.05) is 16.6 Å². The van der Waals surface area contributed by atoms with Gasteiger partial charge in [0.05, 0.1) is 10.6 Å². The number of carbonyl (C=O) groups excluding carboxylic acids is 1. The average Bonchev–Trinajstić information content (AvgIpc) is 2.68. The van der Waals surface area contributed by atoms with Crippen LogP contribution in [0.5, 0.6) is 5.75 Å². The topological polar surface area (TPSA) is 84.5 Å². The van der Waals surface area contributed by atoms with E-state index in [1.54, 1.807) is 36.4 Å². The van der Waals surface area contributed by atoms with E-state index in [0.717, 1.165) is 5.56 Å². The molecule has 1 amide bonds. The molecule has 0 aliphatic carbocycles. The van der Waals surface area contributed by atoms with E-state index >= 15 is 0 Å². The van der Waals surface area contributed by atoms with Crippen LogP contribution in [0.2, 0.25) is 5.02 Å². The van der Waals surface area contributed by atoms with Crippen LogP contribution < -0.4 is 14.8 Å². The molecule has 0 radical (unpaired) electrons. The maximum Gasteiger partial charge on any atom is 0.262 e. The molecule has 0 aromatic heterocycles. The van der Waals surface area contributed by atoms with Crippen molar-refractivity contribution in [2.24, 2.45) is 0 Å². The molecular weight excluding hydrogens is 412 g/mol. The Morgan fingerprint density at radius 1 is 1.00 bits per heavy atom. The van der Waals surface area contributed by atoms with E-state index in [1.807, 2.05) is 19.1 Å². The zero-order valence-corrected chi connectivity index (χ0v) is 17.1. The van der Waals surface area contributed by atoms with E-state index in [0.29, 0.717) is 22.1 Å². The molecule has 0 aliphatic rings. The fourth-order valence-electron chi connectivity index (χ4n) is 2.52. The summed E-state index contributed by atoms with van der Waals surface area (Å²) in [5, 5.41) is 3.18. The Labute approximate surface area is 174 Å². The molecule has 3 aromatic carbocycles. The van der Waals surface area contributed by atoms with E-state index in [4.69, 9.17) is 16.3 Å². The third kappa shape index (κ3) is 5.73. The van der Waals surface area contributed by atoms with Crippen LogP contribution in [-0.4, -0.2) is 20.9 Å². The second-order valence-corrected chi connectivity index (χ2v) is 8.36. The molecule has 8 heteroatoms. The molecule has 0 aliphatic heterocycles. The number of nitrogens with one attached hydrogen (secondary N) is 2. The molecule has 0 spiro atoms. The Hall–Kier alpha value is -3.03. The van der Waals surface area contributed by atoms with Crippen LogP contribution in [0.3, 0.4) is 0 Å². The number of aryl methyl sites for hydroxylation is 1. The predicted octanol–water partition coefficient (Wildman–Crippen LogP) is 4.47. The molecule has 3 aromatic rings. The summed E-state index contributed by atoms with van der Waals surface area (Å²) < 4.78 is 33.0. The number of rotatable bonds is 7. The number of para-hydroxylation sites is 1. The minimum absolute atomic E-state index is 0.0940. The van der Waals surface area contributed by atoms with Gasteiger partial charge in [-0.2, -0.15) is 0 Å². The smallest absolute Gasteiger partial charge is 0.262 e. The van der Waals surface area contributed by atoms with E-state index < -0.39 is 10.0 Å². The van der Waals surface area contributed by atoms with Crippen molar-refractivity contribution in [3.63, 3.8) is 0 Å². The predicted molar refractivity (Wildman–Crippen MR) is 114 cm³/mol. The summed E-state index contributed by atoms with van der Waals surface area (Å²) in [6.45, 7) is 1.60. The number of ether oxygens (including phenoxy) is 1. The van der Waals surface area contributed by atoms with E-state index in [9.17, 15) is 13.2 Å². The Bertz CT molecular complexity index is 1120. The lowest BCUT2D eigenvalue weighted by Gasteiger charge is -2.11. The first kappa shape index (κ1) is 20.7. The quantitative estimate of drug-likeness (QED) is 0.579. The van der Waals surface area contributed by atoms with Crippen LogP contribution in [-0.2, 0) is 14.8 Å². The molecule has 0 bridgehead atoms. The summed E-state index contributed by atoms with van der Waals surface area (Å²) in [6.07, 6.45) is 0. The first-order chi connectivity index (χ1) is 13.8. The standard InChI is InChI=1S/C21H19ClN2O4S/c1-15-5-2-3-8-20(15)24-29(26,27)19-11-9-18(10-12-19)28-14-21(25)23-17-7-4-6-16(22)13-17/h2-13,24H,14H2,1H3,(H,23,25). The molecule has 6 nitrogen and oxygen atoms in total. The van der Waals surface area contributed by atoms with Crippen molar-refractivity contribution < 1.29 is 17.9 Å². The summed E-state index contributed by atoms with van der Waals surface area (Å²) in [5.74, 6) is 0.0197. The molecule has 0 fully saturated rings. The van der Waals surface area contributed by atoms with Gasteiger partial charge in [0.15, 0.2) is 6.61 Å². The van der Waals surface area contributed by atoms with Crippen molar-refractivity contribution in [2.45, 2.75) is 11.8 Å². The Morgan fingerprint density at radius 3 is 2.41 bits per heavy atom. The van der Waals surface area contributed by atoms with Gasteiger partial charge in [0.25, 0.3) is 15.9 Å². The van der Waals surface area contributed by atoms with Gasteiger partial charge in [-0.05, 0) is 61.0 Å². The number of amides is 1. The van der Waals surface area contributed by atoms with Crippen molar-refractivity contribution in [3.8, 4) is 5.75 Å². The molecule has 29 heavy (non-hydrogen) atoms. The van der Waals surface area contributed by atoms with Gasteiger partial charge in [0.1, 0.15) is 5.75 Å². The van der Waals surface area contributed by atoms with Gasteiger partial charge in [-0.15, -0.1) is 0 Å². The highest BCUT2D eigenvalue weighted by molar-refractivity contribution is 7.92. The monoisotopic (exact) mass is 430 g/mol. The highest BCUT2D eigenvalue weighted by Gasteiger charge is 2.15. The number of hydrogen-bond acceptors (Lipinski definition) is 4. The normalized spacial score (nSPS) is 11.0. The molecule has 0 saturated heterocycles. The number of carbonyl (C=O) groups is 1. The molecule has 0 heterocycles. The van der Waals surface area contributed by atoms with E-state index in [-0.39, 0.29) is 17.4 Å². The number of anilines is 2. The van der Waals surface area contributed by atoms with Gasteiger partial charge in [0, 0.05) is 10.7 Å². The second kappa shape index (κ2) is 8.98. The fraction of sp³-hybridized carbons (Fsp3) is 0.0952. The van der Waals surface area contributed by atoms with Crippen LogP contribution in [0.1, 0.15) is 5.56 Å². The molecular formula is C21H19ClN2O4S. The maximum atomic E-state index is 12.5. The van der Waals surface area contributed by atoms with Crippen molar-refractivity contribution in [3.05, 3.63) is 83.4 Å². The Balaban J connectivity index is 1.59. The minimum Gasteiger partial charge on any atom is -0.484 e. The number of sulfonamides is 1. The van der Waals surface area contributed by atoms with Gasteiger partial charge in [-0.25, -0.2) is 8.42 Å². The van der Waals surface area contributed by atoms with Crippen LogP contribution in [0, 0.1) is 6.92 Å². The van der Waals surface area contributed by atoms with Crippen LogP contribution in [0.15, 0.2) is 77.7 Å². The van der Waals surface area contributed by atoms with Crippen LogP contribution in [0.4, 0.5) is 11.4 Å². The summed E-state index contributed by atoms with van der Waals surface area (Å²) in [5.41, 5.74) is 1.90. The molecule has 3 rings (SSSR count). The van der Waals surface area contributed by atoms with Gasteiger partial charge < -0.3 is 10.1 Å². The van der Waals surface area contributed by atoms with Crippen molar-refractivity contribution in [1.29, 1.82) is 0 Å². The summed E-state index contributed by atoms with van der Waals surface area (Å²) in [6, 6.07) is 19.7. The lowest BCUT2D eigenvalue weighted by Crippen LogP contribution is -2.20. The highest BCUT2D eigenvalue weighted by Crippen LogP contribution is 2.21. The minimum atomic E-state index is -3.73. The van der Waals surface area contributed by atoms with Gasteiger partial charge >= 0.3 is 0 Å². The maximum absolute atomic E-state index is 12.5. The lowest BCUT2D eigenvalue weighted by molar-refractivity contribution is -0.118. The molecule has 0 unspecified atom stereocenters. The molecule has 2 N–H and O–H groups in total. The fourth-order valence-corrected chi connectivity index (χ4v) is 3.84. The van der Waals surface area contributed by atoms with Gasteiger partial charge in [0.2, 0.25) is 0 Å². The zero-order valence-electron chi connectivity index (χ0n) is 15.6. The number of halogens is 1. The summed E-state index contributed by atoms with van der Waals surface area (Å²) >= 11 is 5.88. The second-order valence-electron chi connectivity index (χ2n) is 6.24. The summed E-state index contributed by atoms with van der Waals surface area (Å²) in [4.78, 5) is 12.1. The Morgan fingerprint density at radius 2 is 1.72 bits per heavy atom. The zero-order chi connectivity index (χ0) is 20.9. The average molecular weight is 431 g/mol. The number of hydrogen-bond donors (Lipinski definition) is 2. The highest BCUT2D eigenvalue weighted by atomic mass is 35.5. The molecule has 0 atom stereocenters. The number of benzene rings is 3. The van der Waals surface area contributed by atoms with E-state index in [2.05, 4.69) is 10.0 Å². The lowest BCUT2D eigenvalue weighted by atomic mass is 10.2. The first-order valence-corrected chi connectivity index (χ1v) is 10.6. The van der Waals surface area contributed by atoms with Crippen LogP contribution >= 0.6 is 11.6 Å². The van der Waals surface area contributed by atoms with Crippen LogP contribution in [0.25, 0.3) is 0 Å². The van der Waals surface area contributed by atoms with Gasteiger partial charge in [-0.3, -0.25) is 9.52 Å². The SMILES string of the molecule is Cc1ccccc1NS(=O)(=O)c1ccc(OCC(=O)Nc2cccc(Cl)c2)cc1. The third-order valence-corrected chi connectivity index (χ3v) is 5.62. The Kier molecular flexibility index (Phi) is 6.41. The first-order valence-electron chi connectivity index (χ1n) is 8.70. The third-order valence-electron chi connectivity index (χ3n) is 4.00. The van der Waals surface area contributed by atoms with Crippen molar-refractivity contribution >= 4 is 38.9 Å². The van der Waals surface area contributed by atoms with E-state index in [1.165, 1.54) is 24.3 Å². The van der Waals surface area contributed by atoms with Gasteiger partial charge in [-0.1, -0.05) is 35.9 Å². The molecule has 150 valence electrons. The molecule has 0 saturated carbocycles. The van der Waals surface area contributed by atoms with Crippen molar-refractivity contribution in [1.82, 2.24) is 0 Å². The largest absolute Gasteiger partial charge is 0.484 e.